The molecule has 6 heteroatoms. The first-order valence-electron chi connectivity index (χ1n) is 27.9. The van der Waals surface area contributed by atoms with Crippen molar-refractivity contribution in [1.29, 1.82) is 0 Å². The Morgan fingerprint density at radius 2 is 0.591 bits per heavy atom. The topological polar surface area (TPSA) is 78.9 Å². The van der Waals surface area contributed by atoms with Crippen LogP contribution in [0.4, 0.5) is 0 Å². The van der Waals surface area contributed by atoms with Gasteiger partial charge in [-0.1, -0.05) is 235 Å². The van der Waals surface area contributed by atoms with Gasteiger partial charge >= 0.3 is 17.9 Å². The summed E-state index contributed by atoms with van der Waals surface area (Å²) in [4.78, 5) is 38.0. The summed E-state index contributed by atoms with van der Waals surface area (Å²) in [6, 6.07) is 0. The largest absolute Gasteiger partial charge is 0.462 e. The van der Waals surface area contributed by atoms with Crippen LogP contribution in [0.5, 0.6) is 0 Å². The fraction of sp³-hybridized carbons (Fsp3) is 0.750. The van der Waals surface area contributed by atoms with Crippen LogP contribution < -0.4 is 0 Å². The SMILES string of the molecule is CC/C=C\C/C=C\C/C=C\C/C=C\C/C=C\CCCCCCCC(=O)OCC(COC(=O)CCCCCCCCCCCC)OC(=O)CCCCCCCCC/C=C\CCCCCCCC. The molecule has 0 N–H and O–H groups in total. The number of ether oxygens (including phenoxy) is 3. The van der Waals surface area contributed by atoms with Crippen LogP contribution in [0.25, 0.3) is 0 Å². The summed E-state index contributed by atoms with van der Waals surface area (Å²) in [5.74, 6) is -0.901. The predicted molar refractivity (Wildman–Crippen MR) is 284 cm³/mol. The number of hydrogen-bond acceptors (Lipinski definition) is 6. The molecule has 1 atom stereocenters. The van der Waals surface area contributed by atoms with Crippen molar-refractivity contribution in [2.45, 2.75) is 277 Å². The minimum Gasteiger partial charge on any atom is -0.462 e. The summed E-state index contributed by atoms with van der Waals surface area (Å²) in [7, 11) is 0. The molecule has 0 fully saturated rings. The summed E-state index contributed by atoms with van der Waals surface area (Å²) in [5.41, 5.74) is 0. The molecule has 0 bridgehead atoms. The van der Waals surface area contributed by atoms with Gasteiger partial charge < -0.3 is 14.2 Å². The lowest BCUT2D eigenvalue weighted by Crippen LogP contribution is -2.30. The molecule has 0 aromatic rings. The van der Waals surface area contributed by atoms with E-state index in [1.165, 1.54) is 122 Å². The molecular weight excluding hydrogens is 817 g/mol. The van der Waals surface area contributed by atoms with Crippen LogP contribution >= 0.6 is 0 Å². The third-order valence-electron chi connectivity index (χ3n) is 11.9. The highest BCUT2D eigenvalue weighted by molar-refractivity contribution is 5.71. The van der Waals surface area contributed by atoms with E-state index in [-0.39, 0.29) is 31.1 Å². The zero-order valence-electron chi connectivity index (χ0n) is 43.4. The molecule has 6 nitrogen and oxygen atoms in total. The quantitative estimate of drug-likeness (QED) is 0.0262. The molecule has 380 valence electrons. The third-order valence-corrected chi connectivity index (χ3v) is 11.9. The Morgan fingerprint density at radius 3 is 0.939 bits per heavy atom. The van der Waals surface area contributed by atoms with Crippen molar-refractivity contribution in [1.82, 2.24) is 0 Å². The Kier molecular flexibility index (Phi) is 51.9. The van der Waals surface area contributed by atoms with Crippen LogP contribution in [0.1, 0.15) is 271 Å². The molecule has 0 saturated carbocycles. The molecule has 0 saturated heterocycles. The maximum atomic E-state index is 12.8. The second-order valence-electron chi connectivity index (χ2n) is 18.5. The van der Waals surface area contributed by atoms with Gasteiger partial charge in [0.2, 0.25) is 0 Å². The van der Waals surface area contributed by atoms with Gasteiger partial charge in [-0.25, -0.2) is 0 Å². The van der Waals surface area contributed by atoms with Gasteiger partial charge in [-0.05, 0) is 89.9 Å². The predicted octanol–water partition coefficient (Wildman–Crippen LogP) is 18.6. The zero-order valence-corrected chi connectivity index (χ0v) is 43.4. The Bertz CT molecular complexity index is 1240. The average Bonchev–Trinajstić information content (AvgIpc) is 3.31. The van der Waals surface area contributed by atoms with Crippen LogP contribution in [0.2, 0.25) is 0 Å². The lowest BCUT2D eigenvalue weighted by molar-refractivity contribution is -0.167. The van der Waals surface area contributed by atoms with Crippen molar-refractivity contribution < 1.29 is 28.6 Å². The van der Waals surface area contributed by atoms with Crippen molar-refractivity contribution in [3.05, 3.63) is 72.9 Å². The standard InChI is InChI=1S/C60H104O6/c1-4-7-10-13-16-19-22-24-26-28-29-30-31-33-34-36-38-41-44-47-50-53-59(62)65-56-57(55-64-58(61)52-49-46-43-40-21-18-15-12-9-6-3)66-60(63)54-51-48-45-42-39-37-35-32-27-25-23-20-17-14-11-8-5-2/h7,10,16,19,24-27,29-30,33-34,57H,4-6,8-9,11-15,17-18,20-23,28,31-32,35-56H2,1-3H3/b10-7-,19-16-,26-24-,27-25-,30-29-,34-33-. The number of allylic oxidation sites excluding steroid dienone is 12. The van der Waals surface area contributed by atoms with Gasteiger partial charge in [-0.15, -0.1) is 0 Å². The van der Waals surface area contributed by atoms with Gasteiger partial charge in [0.15, 0.2) is 6.10 Å². The number of esters is 3. The van der Waals surface area contributed by atoms with Crippen molar-refractivity contribution in [3.63, 3.8) is 0 Å². The van der Waals surface area contributed by atoms with Gasteiger partial charge in [0.25, 0.3) is 0 Å². The normalized spacial score (nSPS) is 12.6. The van der Waals surface area contributed by atoms with E-state index in [2.05, 4.69) is 93.7 Å². The second-order valence-corrected chi connectivity index (χ2v) is 18.5. The van der Waals surface area contributed by atoms with Gasteiger partial charge in [0.05, 0.1) is 0 Å². The zero-order chi connectivity index (χ0) is 47.9. The highest BCUT2D eigenvalue weighted by Gasteiger charge is 2.19. The van der Waals surface area contributed by atoms with Gasteiger partial charge in [-0.2, -0.15) is 0 Å². The lowest BCUT2D eigenvalue weighted by atomic mass is 10.1. The fourth-order valence-corrected chi connectivity index (χ4v) is 7.76. The van der Waals surface area contributed by atoms with Crippen LogP contribution in [0.3, 0.4) is 0 Å². The van der Waals surface area contributed by atoms with E-state index < -0.39 is 6.10 Å². The summed E-state index contributed by atoms with van der Waals surface area (Å²) in [5, 5.41) is 0. The van der Waals surface area contributed by atoms with E-state index in [4.69, 9.17) is 14.2 Å². The number of hydrogen-bond donors (Lipinski definition) is 0. The number of carbonyl (C=O) groups excluding carboxylic acids is 3. The van der Waals surface area contributed by atoms with Crippen LogP contribution in [-0.4, -0.2) is 37.2 Å². The monoisotopic (exact) mass is 921 g/mol. The summed E-state index contributed by atoms with van der Waals surface area (Å²) >= 11 is 0. The average molecular weight is 921 g/mol. The molecule has 0 aliphatic carbocycles. The Balaban J connectivity index is 4.36. The maximum Gasteiger partial charge on any atom is 0.306 e. The van der Waals surface area contributed by atoms with E-state index in [1.807, 2.05) is 0 Å². The molecule has 1 unspecified atom stereocenters. The van der Waals surface area contributed by atoms with Crippen molar-refractivity contribution in [3.8, 4) is 0 Å². The van der Waals surface area contributed by atoms with E-state index in [0.717, 1.165) is 109 Å². The highest BCUT2D eigenvalue weighted by atomic mass is 16.6. The van der Waals surface area contributed by atoms with E-state index in [1.54, 1.807) is 0 Å². The molecule has 0 heterocycles. The van der Waals surface area contributed by atoms with Crippen molar-refractivity contribution in [2.24, 2.45) is 0 Å². The minimum absolute atomic E-state index is 0.0816. The molecule has 0 aromatic heterocycles. The molecule has 0 spiro atoms. The number of rotatable bonds is 50. The third kappa shape index (κ3) is 51.8. The molecule has 0 aromatic carbocycles. The van der Waals surface area contributed by atoms with E-state index in [9.17, 15) is 14.4 Å². The highest BCUT2D eigenvalue weighted by Crippen LogP contribution is 2.15. The molecule has 66 heavy (non-hydrogen) atoms. The first kappa shape index (κ1) is 62.8. The smallest absolute Gasteiger partial charge is 0.306 e. The van der Waals surface area contributed by atoms with Gasteiger partial charge in [0.1, 0.15) is 13.2 Å². The van der Waals surface area contributed by atoms with Crippen LogP contribution in [-0.2, 0) is 28.6 Å². The van der Waals surface area contributed by atoms with Crippen molar-refractivity contribution in [2.75, 3.05) is 13.2 Å². The molecule has 0 aliphatic rings. The summed E-state index contributed by atoms with van der Waals surface area (Å²) in [6.07, 6.45) is 68.9. The first-order valence-corrected chi connectivity index (χ1v) is 27.9. The Labute approximate surface area is 408 Å². The summed E-state index contributed by atoms with van der Waals surface area (Å²) < 4.78 is 16.8. The lowest BCUT2D eigenvalue weighted by Gasteiger charge is -2.18. The van der Waals surface area contributed by atoms with Crippen LogP contribution in [0, 0.1) is 0 Å². The van der Waals surface area contributed by atoms with Gasteiger partial charge in [0, 0.05) is 19.3 Å². The number of carbonyl (C=O) groups is 3. The molecular formula is C60H104O6. The molecule has 0 rings (SSSR count). The Hall–Kier alpha value is -3.15. The molecule has 0 aliphatic heterocycles. The molecule has 0 amide bonds. The van der Waals surface area contributed by atoms with E-state index >= 15 is 0 Å². The Morgan fingerprint density at radius 1 is 0.318 bits per heavy atom. The fourth-order valence-electron chi connectivity index (χ4n) is 7.76. The van der Waals surface area contributed by atoms with E-state index in [0.29, 0.717) is 19.3 Å². The maximum absolute atomic E-state index is 12.8. The summed E-state index contributed by atoms with van der Waals surface area (Å²) in [6.45, 7) is 6.50. The van der Waals surface area contributed by atoms with Crippen LogP contribution in [0.15, 0.2) is 72.9 Å². The van der Waals surface area contributed by atoms with Crippen molar-refractivity contribution >= 4 is 17.9 Å². The second kappa shape index (κ2) is 54.5. The molecule has 0 radical (unpaired) electrons. The van der Waals surface area contributed by atoms with Gasteiger partial charge in [-0.3, -0.25) is 14.4 Å². The number of unbranched alkanes of at least 4 members (excludes halogenated alkanes) is 27. The first-order chi connectivity index (χ1) is 32.5. The minimum atomic E-state index is -0.783.